The van der Waals surface area contributed by atoms with Crippen LogP contribution >= 0.6 is 0 Å². The van der Waals surface area contributed by atoms with Crippen molar-refractivity contribution in [3.63, 3.8) is 0 Å². The molecule has 0 unspecified atom stereocenters. The van der Waals surface area contributed by atoms with E-state index in [1.807, 2.05) is 13.8 Å². The lowest BCUT2D eigenvalue weighted by atomic mass is 9.92. The Morgan fingerprint density at radius 3 is 2.42 bits per heavy atom. The van der Waals surface area contributed by atoms with Crippen LogP contribution in [0, 0.1) is 17.8 Å². The summed E-state index contributed by atoms with van der Waals surface area (Å²) in [5.41, 5.74) is 0. The first kappa shape index (κ1) is 9.23. The third-order valence-electron chi connectivity index (χ3n) is 2.75. The van der Waals surface area contributed by atoms with E-state index in [9.17, 15) is 9.59 Å². The number of rotatable bonds is 1. The van der Waals surface area contributed by atoms with Crippen LogP contribution in [0.3, 0.4) is 0 Å². The summed E-state index contributed by atoms with van der Waals surface area (Å²) in [6.07, 6.45) is 0.515. The molecule has 3 nitrogen and oxygen atoms in total. The first-order valence-electron chi connectivity index (χ1n) is 4.18. The predicted octanol–water partition coefficient (Wildman–Crippen LogP) is 1.02. The second-order valence-electron chi connectivity index (χ2n) is 3.51. The summed E-state index contributed by atoms with van der Waals surface area (Å²) >= 11 is 0. The first-order chi connectivity index (χ1) is 5.57. The molecular formula is C9H14O3. The molecule has 1 aliphatic carbocycles. The number of carbonyl (C=O) groups is 2. The smallest absolute Gasteiger partial charge is 0.316 e. The van der Waals surface area contributed by atoms with Crippen molar-refractivity contribution in [3.05, 3.63) is 0 Å². The van der Waals surface area contributed by atoms with E-state index in [0.29, 0.717) is 12.3 Å². The van der Waals surface area contributed by atoms with E-state index in [2.05, 4.69) is 4.74 Å². The van der Waals surface area contributed by atoms with Gasteiger partial charge in [0.2, 0.25) is 0 Å². The van der Waals surface area contributed by atoms with Gasteiger partial charge in [-0.3, -0.25) is 9.59 Å². The fourth-order valence-electron chi connectivity index (χ4n) is 1.73. The second kappa shape index (κ2) is 3.25. The van der Waals surface area contributed by atoms with E-state index in [1.165, 1.54) is 7.11 Å². The maximum Gasteiger partial charge on any atom is 0.316 e. The summed E-state index contributed by atoms with van der Waals surface area (Å²) < 4.78 is 4.56. The monoisotopic (exact) mass is 170 g/mol. The molecule has 0 aromatic heterocycles. The highest BCUT2D eigenvalue weighted by atomic mass is 16.5. The average Bonchev–Trinajstić information content (AvgIpc) is 2.26. The van der Waals surface area contributed by atoms with E-state index in [4.69, 9.17) is 0 Å². The molecule has 0 spiro atoms. The van der Waals surface area contributed by atoms with Crippen LogP contribution in [0.25, 0.3) is 0 Å². The van der Waals surface area contributed by atoms with Crippen LogP contribution in [-0.4, -0.2) is 18.9 Å². The maximum atomic E-state index is 11.3. The number of ether oxygens (including phenoxy) is 1. The first-order valence-corrected chi connectivity index (χ1v) is 4.18. The van der Waals surface area contributed by atoms with E-state index in [0.717, 1.165) is 0 Å². The van der Waals surface area contributed by atoms with Gasteiger partial charge in [0.25, 0.3) is 0 Å². The number of hydrogen-bond acceptors (Lipinski definition) is 3. The van der Waals surface area contributed by atoms with Crippen LogP contribution in [0.15, 0.2) is 0 Å². The largest absolute Gasteiger partial charge is 0.468 e. The van der Waals surface area contributed by atoms with Gasteiger partial charge >= 0.3 is 5.97 Å². The zero-order chi connectivity index (χ0) is 9.30. The van der Waals surface area contributed by atoms with Crippen molar-refractivity contribution in [2.45, 2.75) is 20.3 Å². The quantitative estimate of drug-likeness (QED) is 0.436. The summed E-state index contributed by atoms with van der Waals surface area (Å²) in [4.78, 5) is 22.4. The number of hydrogen-bond donors (Lipinski definition) is 0. The third-order valence-corrected chi connectivity index (χ3v) is 2.75. The predicted molar refractivity (Wildman–Crippen MR) is 43.5 cm³/mol. The van der Waals surface area contributed by atoms with Gasteiger partial charge in [0.1, 0.15) is 11.7 Å². The molecule has 0 bridgehead atoms. The average molecular weight is 170 g/mol. The van der Waals surface area contributed by atoms with Gasteiger partial charge < -0.3 is 4.74 Å². The van der Waals surface area contributed by atoms with Gasteiger partial charge in [0.15, 0.2) is 0 Å². The van der Waals surface area contributed by atoms with Crippen molar-refractivity contribution in [2.24, 2.45) is 17.8 Å². The van der Waals surface area contributed by atoms with Crippen molar-refractivity contribution >= 4 is 11.8 Å². The molecule has 0 aromatic rings. The second-order valence-corrected chi connectivity index (χ2v) is 3.51. The van der Waals surface area contributed by atoms with Crippen LogP contribution in [0.5, 0.6) is 0 Å². The standard InChI is InChI=1S/C9H14O3/c1-5-4-7(10)8(6(5)2)9(11)12-3/h5-6,8H,4H2,1-3H3/t5-,6+,8-/m0/s1. The van der Waals surface area contributed by atoms with Crippen molar-refractivity contribution in [1.29, 1.82) is 0 Å². The molecule has 0 amide bonds. The molecule has 3 heteroatoms. The number of ketones is 1. The number of esters is 1. The highest BCUT2D eigenvalue weighted by molar-refractivity contribution is 6.01. The van der Waals surface area contributed by atoms with Gasteiger partial charge in [-0.15, -0.1) is 0 Å². The summed E-state index contributed by atoms with van der Waals surface area (Å²) in [6.45, 7) is 3.92. The van der Waals surface area contributed by atoms with Crippen molar-refractivity contribution in [3.8, 4) is 0 Å². The summed E-state index contributed by atoms with van der Waals surface area (Å²) in [5.74, 6) is -0.421. The SMILES string of the molecule is COC(=O)[C@@H]1C(=O)C[C@H](C)[C@H]1C. The molecule has 12 heavy (non-hydrogen) atoms. The normalized spacial score (nSPS) is 35.2. The van der Waals surface area contributed by atoms with Crippen LogP contribution in [0.4, 0.5) is 0 Å². The Morgan fingerprint density at radius 1 is 1.50 bits per heavy atom. The molecule has 1 fully saturated rings. The van der Waals surface area contributed by atoms with Crippen molar-refractivity contribution in [1.82, 2.24) is 0 Å². The molecule has 0 saturated heterocycles. The molecule has 1 saturated carbocycles. The topological polar surface area (TPSA) is 43.4 Å². The van der Waals surface area contributed by atoms with Gasteiger partial charge in [-0.05, 0) is 11.8 Å². The Morgan fingerprint density at radius 2 is 2.08 bits per heavy atom. The van der Waals surface area contributed by atoms with Gasteiger partial charge in [-0.1, -0.05) is 13.8 Å². The Hall–Kier alpha value is -0.860. The third kappa shape index (κ3) is 1.36. The number of methoxy groups -OCH3 is 1. The summed E-state index contributed by atoms with van der Waals surface area (Å²) in [7, 11) is 1.32. The van der Waals surface area contributed by atoms with Gasteiger partial charge in [0.05, 0.1) is 7.11 Å². The molecule has 0 heterocycles. The summed E-state index contributed by atoms with van der Waals surface area (Å²) in [6, 6.07) is 0. The Labute approximate surface area is 72.1 Å². The Balaban J connectivity index is 2.76. The minimum Gasteiger partial charge on any atom is -0.468 e. The van der Waals surface area contributed by atoms with Gasteiger partial charge in [-0.2, -0.15) is 0 Å². The molecule has 68 valence electrons. The fraction of sp³-hybridized carbons (Fsp3) is 0.778. The van der Waals surface area contributed by atoms with Gasteiger partial charge in [0, 0.05) is 6.42 Å². The lowest BCUT2D eigenvalue weighted by Crippen LogP contribution is -2.25. The van der Waals surface area contributed by atoms with Crippen molar-refractivity contribution in [2.75, 3.05) is 7.11 Å². The van der Waals surface area contributed by atoms with Gasteiger partial charge in [-0.25, -0.2) is 0 Å². The molecule has 0 N–H and O–H groups in total. The zero-order valence-corrected chi connectivity index (χ0v) is 7.66. The van der Waals surface area contributed by atoms with Crippen LogP contribution in [0.1, 0.15) is 20.3 Å². The van der Waals surface area contributed by atoms with E-state index in [-0.39, 0.29) is 17.7 Å². The minimum atomic E-state index is -0.509. The summed E-state index contributed by atoms with van der Waals surface area (Å²) in [5, 5.41) is 0. The number of carbonyl (C=O) groups excluding carboxylic acids is 2. The van der Waals surface area contributed by atoms with Crippen LogP contribution in [0.2, 0.25) is 0 Å². The minimum absolute atomic E-state index is 0.0295. The number of Topliss-reactive ketones (excluding diaryl/α,β-unsaturated/α-hetero) is 1. The molecule has 0 aliphatic heterocycles. The lowest BCUT2D eigenvalue weighted by Gasteiger charge is -2.13. The zero-order valence-electron chi connectivity index (χ0n) is 7.66. The van der Waals surface area contributed by atoms with E-state index >= 15 is 0 Å². The van der Waals surface area contributed by atoms with Crippen LogP contribution in [-0.2, 0) is 14.3 Å². The molecule has 0 radical (unpaired) electrons. The molecule has 0 aromatic carbocycles. The van der Waals surface area contributed by atoms with Crippen molar-refractivity contribution < 1.29 is 14.3 Å². The molecule has 3 atom stereocenters. The highest BCUT2D eigenvalue weighted by Crippen LogP contribution is 2.34. The molecule has 1 aliphatic rings. The fourth-order valence-corrected chi connectivity index (χ4v) is 1.73. The van der Waals surface area contributed by atoms with E-state index < -0.39 is 5.92 Å². The molecule has 1 rings (SSSR count). The lowest BCUT2D eigenvalue weighted by molar-refractivity contribution is -0.149. The maximum absolute atomic E-state index is 11.3. The Bertz CT molecular complexity index is 202. The van der Waals surface area contributed by atoms with Crippen LogP contribution < -0.4 is 0 Å². The molecular weight excluding hydrogens is 156 g/mol. The van der Waals surface area contributed by atoms with E-state index in [1.54, 1.807) is 0 Å². The Kier molecular flexibility index (Phi) is 2.50. The highest BCUT2D eigenvalue weighted by Gasteiger charge is 2.42.